The van der Waals surface area contributed by atoms with Gasteiger partial charge in [-0.2, -0.15) is 0 Å². The topological polar surface area (TPSA) is 38.3 Å². The van der Waals surface area contributed by atoms with Crippen molar-refractivity contribution >= 4 is 18.4 Å². The van der Waals surface area contributed by atoms with Crippen molar-refractivity contribution in [1.82, 2.24) is 5.32 Å². The van der Waals surface area contributed by atoms with Crippen LogP contribution in [0.4, 0.5) is 4.39 Å². The van der Waals surface area contributed by atoms with E-state index in [1.165, 1.54) is 50.5 Å². The molecule has 0 bridgehead atoms. The van der Waals surface area contributed by atoms with Gasteiger partial charge >= 0.3 is 5.97 Å². The molecule has 1 aliphatic rings. The lowest BCUT2D eigenvalue weighted by Crippen LogP contribution is -2.25. The number of carbonyl (C=O) groups is 1. The molecular weight excluding hydrogens is 341 g/mol. The van der Waals surface area contributed by atoms with E-state index < -0.39 is 11.8 Å². The zero-order valence-corrected chi connectivity index (χ0v) is 15.1. The monoisotopic (exact) mass is 363 g/mol. The van der Waals surface area contributed by atoms with Crippen LogP contribution in [0.2, 0.25) is 0 Å². The van der Waals surface area contributed by atoms with Crippen LogP contribution in [0.25, 0.3) is 11.1 Å². The van der Waals surface area contributed by atoms with Crippen LogP contribution < -0.4 is 5.32 Å². The average molecular weight is 364 g/mol. The fourth-order valence-corrected chi connectivity index (χ4v) is 3.18. The summed E-state index contributed by atoms with van der Waals surface area (Å²) in [7, 11) is 1.24. The van der Waals surface area contributed by atoms with Crippen molar-refractivity contribution in [1.29, 1.82) is 0 Å². The number of halogens is 2. The lowest BCUT2D eigenvalue weighted by molar-refractivity contribution is 0.0595. The molecule has 0 radical (unpaired) electrons. The molecule has 0 aromatic heterocycles. The molecule has 0 spiro atoms. The fraction of sp³-hybridized carbons (Fsp3) is 0.350. The van der Waals surface area contributed by atoms with Crippen LogP contribution in [0.15, 0.2) is 42.5 Å². The van der Waals surface area contributed by atoms with Gasteiger partial charge in [-0.25, -0.2) is 9.18 Å². The fourth-order valence-electron chi connectivity index (χ4n) is 3.18. The Morgan fingerprint density at radius 1 is 1.12 bits per heavy atom. The largest absolute Gasteiger partial charge is 0.465 e. The third-order valence-corrected chi connectivity index (χ3v) is 4.61. The molecule has 2 aromatic carbocycles. The van der Waals surface area contributed by atoms with Crippen molar-refractivity contribution in [3.63, 3.8) is 0 Å². The van der Waals surface area contributed by atoms with Crippen LogP contribution in [-0.4, -0.2) is 19.1 Å². The van der Waals surface area contributed by atoms with E-state index in [-0.39, 0.29) is 18.0 Å². The second-order valence-electron chi connectivity index (χ2n) is 6.25. The number of carbonyl (C=O) groups excluding carboxylic acids is 1. The van der Waals surface area contributed by atoms with Crippen molar-refractivity contribution in [3.05, 3.63) is 59.4 Å². The summed E-state index contributed by atoms with van der Waals surface area (Å²) >= 11 is 0. The summed E-state index contributed by atoms with van der Waals surface area (Å²) in [6, 6.07) is 13.3. The minimum absolute atomic E-state index is 0. The highest BCUT2D eigenvalue weighted by atomic mass is 35.5. The number of rotatable bonds is 5. The molecular formula is C20H23ClFNO2. The van der Waals surface area contributed by atoms with Crippen LogP contribution in [-0.2, 0) is 11.3 Å². The SMILES string of the molecule is COC(=O)c1ccc(-c2ccc(CNC3CCCC3)cc2)cc1F.Cl. The van der Waals surface area contributed by atoms with Crippen molar-refractivity contribution in [3.8, 4) is 11.1 Å². The summed E-state index contributed by atoms with van der Waals surface area (Å²) in [5, 5.41) is 3.58. The first-order chi connectivity index (χ1) is 11.7. The lowest BCUT2D eigenvalue weighted by Gasteiger charge is -2.12. The summed E-state index contributed by atoms with van der Waals surface area (Å²) in [5.74, 6) is -1.22. The highest BCUT2D eigenvalue weighted by Gasteiger charge is 2.14. The molecule has 1 saturated carbocycles. The Hall–Kier alpha value is -1.91. The first-order valence-electron chi connectivity index (χ1n) is 8.38. The molecule has 1 aliphatic carbocycles. The van der Waals surface area contributed by atoms with Gasteiger partial charge in [-0.1, -0.05) is 43.2 Å². The molecule has 1 N–H and O–H groups in total. The maximum Gasteiger partial charge on any atom is 0.340 e. The van der Waals surface area contributed by atoms with Gasteiger partial charge in [0.05, 0.1) is 12.7 Å². The number of hydrogen-bond acceptors (Lipinski definition) is 3. The summed E-state index contributed by atoms with van der Waals surface area (Å²) < 4.78 is 18.6. The van der Waals surface area contributed by atoms with Gasteiger partial charge in [0.2, 0.25) is 0 Å². The summed E-state index contributed by atoms with van der Waals surface area (Å²) in [5.41, 5.74) is 2.85. The highest BCUT2D eigenvalue weighted by molar-refractivity contribution is 5.90. The minimum atomic E-state index is -0.660. The number of hydrogen-bond donors (Lipinski definition) is 1. The summed E-state index contributed by atoms with van der Waals surface area (Å²) in [6.07, 6.45) is 5.18. The van der Waals surface area contributed by atoms with Gasteiger partial charge in [0, 0.05) is 12.6 Å². The Bertz CT molecular complexity index is 712. The third kappa shape index (κ3) is 4.80. The molecule has 3 nitrogen and oxygen atoms in total. The van der Waals surface area contributed by atoms with Gasteiger partial charge < -0.3 is 10.1 Å². The first kappa shape index (κ1) is 19.4. The maximum absolute atomic E-state index is 14.0. The highest BCUT2D eigenvalue weighted by Crippen LogP contribution is 2.23. The maximum atomic E-state index is 14.0. The molecule has 0 aliphatic heterocycles. The molecule has 0 unspecified atom stereocenters. The van der Waals surface area contributed by atoms with Gasteiger partial charge in [0.25, 0.3) is 0 Å². The normalized spacial score (nSPS) is 14.2. The van der Waals surface area contributed by atoms with Crippen molar-refractivity contribution in [2.45, 2.75) is 38.3 Å². The molecule has 3 rings (SSSR count). The van der Waals surface area contributed by atoms with Gasteiger partial charge in [-0.3, -0.25) is 0 Å². The molecule has 0 saturated heterocycles. The van der Waals surface area contributed by atoms with Gasteiger partial charge in [-0.15, -0.1) is 12.4 Å². The van der Waals surface area contributed by atoms with E-state index in [4.69, 9.17) is 0 Å². The number of benzene rings is 2. The van der Waals surface area contributed by atoms with E-state index >= 15 is 0 Å². The number of ether oxygens (including phenoxy) is 1. The first-order valence-corrected chi connectivity index (χ1v) is 8.38. The smallest absolute Gasteiger partial charge is 0.340 e. The van der Waals surface area contributed by atoms with Crippen LogP contribution >= 0.6 is 12.4 Å². The molecule has 5 heteroatoms. The minimum Gasteiger partial charge on any atom is -0.465 e. The molecule has 134 valence electrons. The molecule has 25 heavy (non-hydrogen) atoms. The van der Waals surface area contributed by atoms with Gasteiger partial charge in [-0.05, 0) is 41.7 Å². The second kappa shape index (κ2) is 8.97. The van der Waals surface area contributed by atoms with Crippen LogP contribution in [0, 0.1) is 5.82 Å². The molecule has 0 atom stereocenters. The summed E-state index contributed by atoms with van der Waals surface area (Å²) in [6.45, 7) is 0.862. The molecule has 2 aromatic rings. The van der Waals surface area contributed by atoms with Gasteiger partial charge in [0.15, 0.2) is 0 Å². The van der Waals surface area contributed by atoms with Crippen LogP contribution in [0.5, 0.6) is 0 Å². The average Bonchev–Trinajstić information content (AvgIpc) is 3.13. The molecule has 0 heterocycles. The second-order valence-corrected chi connectivity index (χ2v) is 6.25. The Balaban J connectivity index is 0.00000225. The number of nitrogens with one attached hydrogen (secondary N) is 1. The third-order valence-electron chi connectivity index (χ3n) is 4.61. The van der Waals surface area contributed by atoms with Crippen molar-refractivity contribution in [2.24, 2.45) is 0 Å². The quantitative estimate of drug-likeness (QED) is 0.780. The predicted octanol–water partition coefficient (Wildman–Crippen LogP) is 4.73. The van der Waals surface area contributed by atoms with E-state index in [1.807, 2.05) is 12.1 Å². The Morgan fingerprint density at radius 3 is 2.36 bits per heavy atom. The Morgan fingerprint density at radius 2 is 1.76 bits per heavy atom. The van der Waals surface area contributed by atoms with Crippen molar-refractivity contribution < 1.29 is 13.9 Å². The predicted molar refractivity (Wildman–Crippen MR) is 99.5 cm³/mol. The summed E-state index contributed by atoms with van der Waals surface area (Å²) in [4.78, 5) is 11.4. The zero-order chi connectivity index (χ0) is 16.9. The lowest BCUT2D eigenvalue weighted by atomic mass is 10.0. The van der Waals surface area contributed by atoms with E-state index in [9.17, 15) is 9.18 Å². The number of methoxy groups -OCH3 is 1. The standard InChI is InChI=1S/C20H22FNO2.ClH/c1-24-20(23)18-11-10-16(12-19(18)21)15-8-6-14(7-9-15)13-22-17-4-2-3-5-17;/h6-12,17,22H,2-5,13H2,1H3;1H. The van der Waals surface area contributed by atoms with E-state index in [1.54, 1.807) is 6.07 Å². The van der Waals surface area contributed by atoms with Crippen LogP contribution in [0.3, 0.4) is 0 Å². The Kier molecular flexibility index (Phi) is 6.97. The number of esters is 1. The Labute approximate surface area is 154 Å². The van der Waals surface area contributed by atoms with Gasteiger partial charge in [0.1, 0.15) is 5.82 Å². The van der Waals surface area contributed by atoms with E-state index in [0.717, 1.165) is 17.7 Å². The van der Waals surface area contributed by atoms with E-state index in [0.29, 0.717) is 6.04 Å². The zero-order valence-electron chi connectivity index (χ0n) is 14.3. The van der Waals surface area contributed by atoms with Crippen molar-refractivity contribution in [2.75, 3.05) is 7.11 Å². The molecule has 0 amide bonds. The van der Waals surface area contributed by atoms with E-state index in [2.05, 4.69) is 22.2 Å². The van der Waals surface area contributed by atoms with Crippen LogP contribution in [0.1, 0.15) is 41.6 Å². The molecule has 1 fully saturated rings.